The van der Waals surface area contributed by atoms with Gasteiger partial charge >= 0.3 is 0 Å². The van der Waals surface area contributed by atoms with E-state index in [4.69, 9.17) is 0 Å². The Morgan fingerprint density at radius 2 is 1.97 bits per heavy atom. The Hall–Kier alpha value is -2.80. The fourth-order valence-electron chi connectivity index (χ4n) is 4.31. The number of rotatable bonds is 5. The molecule has 5 rings (SSSR count). The van der Waals surface area contributed by atoms with Crippen LogP contribution in [-0.4, -0.2) is 52.2 Å². The minimum atomic E-state index is -0.322. The summed E-state index contributed by atoms with van der Waals surface area (Å²) in [7, 11) is 2.20. The van der Waals surface area contributed by atoms with Crippen molar-refractivity contribution < 1.29 is 4.39 Å². The minimum absolute atomic E-state index is 0.322. The summed E-state index contributed by atoms with van der Waals surface area (Å²) in [5.41, 5.74) is 4.83. The highest BCUT2D eigenvalue weighted by molar-refractivity contribution is 5.94. The first-order valence-electron chi connectivity index (χ1n) is 12.7. The van der Waals surface area contributed by atoms with Crippen LogP contribution in [0.5, 0.6) is 0 Å². The predicted molar refractivity (Wildman–Crippen MR) is 144 cm³/mol. The van der Waals surface area contributed by atoms with E-state index < -0.39 is 0 Å². The van der Waals surface area contributed by atoms with Crippen molar-refractivity contribution in [2.45, 2.75) is 60.3 Å². The maximum Gasteiger partial charge on any atom is 0.224 e. The number of halogens is 1. The zero-order valence-corrected chi connectivity index (χ0v) is 22.0. The molecule has 0 unspecified atom stereocenters. The van der Waals surface area contributed by atoms with E-state index in [2.05, 4.69) is 51.1 Å². The lowest BCUT2D eigenvalue weighted by Gasteiger charge is -2.26. The molecule has 1 aliphatic heterocycles. The number of anilines is 1. The Bertz CT molecular complexity index is 1160. The van der Waals surface area contributed by atoms with Crippen molar-refractivity contribution in [3.8, 4) is 11.1 Å². The molecule has 2 N–H and O–H groups in total. The number of benzene rings is 1. The quantitative estimate of drug-likeness (QED) is 0.398. The third kappa shape index (κ3) is 6.45. The number of aromatic nitrogens is 3. The highest BCUT2D eigenvalue weighted by Crippen LogP contribution is 2.44. The number of H-pyrrole nitrogens is 1. The van der Waals surface area contributed by atoms with Crippen LogP contribution in [0, 0.1) is 24.1 Å². The maximum atomic E-state index is 14.6. The van der Waals surface area contributed by atoms with Crippen LogP contribution in [-0.2, 0) is 0 Å². The van der Waals surface area contributed by atoms with Crippen LogP contribution in [0.15, 0.2) is 29.5 Å². The second kappa shape index (κ2) is 10.4. The monoisotopic (exact) mass is 478 g/mol. The smallest absolute Gasteiger partial charge is 0.224 e. The largest absolute Gasteiger partial charge is 0.354 e. The van der Waals surface area contributed by atoms with Gasteiger partial charge in [0.1, 0.15) is 17.2 Å². The molecule has 0 radical (unpaired) electrons. The second-order valence-electron chi connectivity index (χ2n) is 11.0. The number of nitrogens with zero attached hydrogens (tertiary/aromatic N) is 4. The van der Waals surface area contributed by atoms with Gasteiger partial charge in [-0.1, -0.05) is 13.8 Å². The van der Waals surface area contributed by atoms with Crippen molar-refractivity contribution >= 4 is 28.4 Å². The molecule has 0 amide bonds. The Balaban J connectivity index is 0.000000308. The first-order chi connectivity index (χ1) is 16.6. The van der Waals surface area contributed by atoms with Crippen molar-refractivity contribution in [2.24, 2.45) is 16.3 Å². The van der Waals surface area contributed by atoms with E-state index in [0.29, 0.717) is 17.1 Å². The molecular formula is C28H39FN6. The van der Waals surface area contributed by atoms with E-state index in [-0.39, 0.29) is 5.82 Å². The molecular weight excluding hydrogens is 439 g/mol. The van der Waals surface area contributed by atoms with Gasteiger partial charge in [0.25, 0.3) is 0 Å². The molecule has 2 aromatic heterocycles. The maximum absolute atomic E-state index is 14.6. The first kappa shape index (κ1) is 25.3. The molecule has 1 saturated carbocycles. The van der Waals surface area contributed by atoms with E-state index >= 15 is 0 Å². The van der Waals surface area contributed by atoms with E-state index in [1.165, 1.54) is 44.8 Å². The topological polar surface area (TPSA) is 69.2 Å². The van der Waals surface area contributed by atoms with Gasteiger partial charge in [-0.3, -0.25) is 4.99 Å². The number of aryl methyl sites for hydroxylation is 1. The van der Waals surface area contributed by atoms with Crippen LogP contribution in [0.3, 0.4) is 0 Å². The average molecular weight is 479 g/mol. The zero-order valence-electron chi connectivity index (χ0n) is 22.0. The summed E-state index contributed by atoms with van der Waals surface area (Å²) in [6.45, 7) is 13.7. The molecule has 0 atom stereocenters. The summed E-state index contributed by atoms with van der Waals surface area (Å²) in [5.74, 6) is 1.28. The molecule has 7 heteroatoms. The summed E-state index contributed by atoms with van der Waals surface area (Å²) < 4.78 is 14.6. The van der Waals surface area contributed by atoms with Gasteiger partial charge < -0.3 is 15.2 Å². The van der Waals surface area contributed by atoms with E-state index in [1.54, 1.807) is 6.20 Å². The zero-order chi connectivity index (χ0) is 25.2. The summed E-state index contributed by atoms with van der Waals surface area (Å²) in [6.07, 6.45) is 8.94. The molecule has 188 valence electrons. The molecule has 3 aromatic rings. The molecule has 0 bridgehead atoms. The van der Waals surface area contributed by atoms with E-state index in [9.17, 15) is 4.39 Å². The Morgan fingerprint density at radius 3 is 2.57 bits per heavy atom. The number of aliphatic imine (C=N–C) groups is 1. The van der Waals surface area contributed by atoms with E-state index in [1.807, 2.05) is 33.0 Å². The third-order valence-corrected chi connectivity index (χ3v) is 7.12. The van der Waals surface area contributed by atoms with Gasteiger partial charge in [-0.2, -0.15) is 4.98 Å². The van der Waals surface area contributed by atoms with Crippen LogP contribution in [0.25, 0.3) is 22.2 Å². The van der Waals surface area contributed by atoms with Gasteiger partial charge in [-0.05, 0) is 101 Å². The van der Waals surface area contributed by atoms with Crippen LogP contribution in [0.1, 0.15) is 58.9 Å². The van der Waals surface area contributed by atoms with Gasteiger partial charge in [0.2, 0.25) is 5.95 Å². The molecule has 6 nitrogen and oxygen atoms in total. The summed E-state index contributed by atoms with van der Waals surface area (Å²) in [6, 6.07) is 3.48. The van der Waals surface area contributed by atoms with Crippen molar-refractivity contribution in [2.75, 3.05) is 32.0 Å². The van der Waals surface area contributed by atoms with Crippen molar-refractivity contribution in [3.05, 3.63) is 35.9 Å². The lowest BCUT2D eigenvalue weighted by molar-refractivity contribution is 0.230. The van der Waals surface area contributed by atoms with Crippen LogP contribution < -0.4 is 5.32 Å². The average Bonchev–Trinajstić information content (AvgIpc) is 3.40. The van der Waals surface area contributed by atoms with Crippen molar-refractivity contribution in [1.29, 1.82) is 0 Å². The standard InChI is InChI=1S/C21H24FN5.C7H15N/c1-12(2)26-18-13(3)7-14(8-17(18)22)15-9-23-19-16(15)10-24-20(27-19)25-11-21(4)5-6-21;1-7-3-5-8(2)6-4-7/h7-10H,5-6,11H2,1-4H3,(H2,23,24,25,27);7H,3-6H2,1-2H3. The highest BCUT2D eigenvalue weighted by Gasteiger charge is 2.37. The van der Waals surface area contributed by atoms with Gasteiger partial charge in [-0.25, -0.2) is 9.37 Å². The molecule has 2 aliphatic rings. The van der Waals surface area contributed by atoms with Gasteiger partial charge in [0.05, 0.1) is 0 Å². The molecule has 35 heavy (non-hydrogen) atoms. The fraction of sp³-hybridized carbons (Fsp3) is 0.536. The Labute approximate surface area is 208 Å². The minimum Gasteiger partial charge on any atom is -0.354 e. The number of hydrogen-bond donors (Lipinski definition) is 2. The number of piperidine rings is 1. The Kier molecular flexibility index (Phi) is 7.55. The van der Waals surface area contributed by atoms with Crippen LogP contribution >= 0.6 is 0 Å². The van der Waals surface area contributed by atoms with E-state index in [0.717, 1.165) is 45.9 Å². The number of aromatic amines is 1. The number of nitrogens with one attached hydrogen (secondary N) is 2. The number of likely N-dealkylation sites (tertiary alicyclic amines) is 1. The van der Waals surface area contributed by atoms with Gasteiger partial charge in [0, 0.05) is 35.6 Å². The van der Waals surface area contributed by atoms with Crippen LogP contribution in [0.2, 0.25) is 0 Å². The summed E-state index contributed by atoms with van der Waals surface area (Å²) >= 11 is 0. The molecule has 3 heterocycles. The first-order valence-corrected chi connectivity index (χ1v) is 12.7. The summed E-state index contributed by atoms with van der Waals surface area (Å²) in [5, 5.41) is 4.19. The van der Waals surface area contributed by atoms with Gasteiger partial charge in [-0.15, -0.1) is 0 Å². The fourth-order valence-corrected chi connectivity index (χ4v) is 4.31. The second-order valence-corrected chi connectivity index (χ2v) is 11.0. The van der Waals surface area contributed by atoms with Crippen molar-refractivity contribution in [1.82, 2.24) is 19.9 Å². The van der Waals surface area contributed by atoms with Crippen LogP contribution in [0.4, 0.5) is 16.0 Å². The lowest BCUT2D eigenvalue weighted by Crippen LogP contribution is -2.28. The molecule has 1 saturated heterocycles. The predicted octanol–water partition coefficient (Wildman–Crippen LogP) is 6.74. The molecule has 2 fully saturated rings. The SMILES string of the molecule is CC(C)=Nc1c(C)cc(-c2c[nH]c3nc(NCC4(C)CC4)ncc23)cc1F.CC1CCN(C)CC1. The Morgan fingerprint density at radius 1 is 1.26 bits per heavy atom. The molecule has 0 spiro atoms. The highest BCUT2D eigenvalue weighted by atomic mass is 19.1. The number of fused-ring (bicyclic) bond motifs is 1. The summed E-state index contributed by atoms with van der Waals surface area (Å²) in [4.78, 5) is 18.9. The normalized spacial score (nSPS) is 17.6. The van der Waals surface area contributed by atoms with Gasteiger partial charge in [0.15, 0.2) is 0 Å². The molecule has 1 aliphatic carbocycles. The lowest BCUT2D eigenvalue weighted by atomic mass is 10.00. The number of hydrogen-bond acceptors (Lipinski definition) is 5. The molecule has 1 aromatic carbocycles. The third-order valence-electron chi connectivity index (χ3n) is 7.12. The van der Waals surface area contributed by atoms with Crippen molar-refractivity contribution in [3.63, 3.8) is 0 Å².